The van der Waals surface area contributed by atoms with Crippen molar-refractivity contribution < 1.29 is 9.53 Å². The molecule has 0 aliphatic carbocycles. The van der Waals surface area contributed by atoms with Crippen molar-refractivity contribution in [1.82, 2.24) is 20.3 Å². The monoisotopic (exact) mass is 408 g/mol. The van der Waals surface area contributed by atoms with Gasteiger partial charge in [-0.1, -0.05) is 11.8 Å². The molecule has 0 saturated carbocycles. The Kier molecular flexibility index (Phi) is 7.57. The maximum Gasteiger partial charge on any atom is 0.222 e. The molecule has 0 radical (unpaired) electrons. The summed E-state index contributed by atoms with van der Waals surface area (Å²) < 4.78 is 4.94. The molecule has 8 nitrogen and oxygen atoms in total. The Morgan fingerprint density at radius 2 is 2.07 bits per heavy atom. The Morgan fingerprint density at radius 3 is 2.77 bits per heavy atom. The molecule has 2 aromatic rings. The second kappa shape index (κ2) is 10.6. The molecule has 3 N–H and O–H groups in total. The van der Waals surface area contributed by atoms with Gasteiger partial charge in [0, 0.05) is 44.9 Å². The number of aryl methyl sites for hydroxylation is 1. The molecule has 158 valence electrons. The van der Waals surface area contributed by atoms with Crippen LogP contribution in [0.1, 0.15) is 36.1 Å². The van der Waals surface area contributed by atoms with Crippen molar-refractivity contribution >= 4 is 17.5 Å². The summed E-state index contributed by atoms with van der Waals surface area (Å²) in [4.78, 5) is 26.9. The van der Waals surface area contributed by atoms with Gasteiger partial charge in [-0.05, 0) is 37.8 Å². The molecule has 0 aromatic carbocycles. The van der Waals surface area contributed by atoms with E-state index in [1.54, 1.807) is 25.7 Å². The van der Waals surface area contributed by atoms with Crippen LogP contribution in [0.3, 0.4) is 0 Å². The van der Waals surface area contributed by atoms with Gasteiger partial charge in [-0.25, -0.2) is 15.0 Å². The van der Waals surface area contributed by atoms with Crippen molar-refractivity contribution in [2.75, 3.05) is 44.0 Å². The first kappa shape index (κ1) is 21.5. The molecule has 1 saturated heterocycles. The summed E-state index contributed by atoms with van der Waals surface area (Å²) in [5.41, 5.74) is 8.11. The van der Waals surface area contributed by atoms with E-state index in [1.165, 1.54) is 0 Å². The molecule has 0 atom stereocenters. The molecule has 0 spiro atoms. The molecule has 0 bridgehead atoms. The first-order valence-corrected chi connectivity index (χ1v) is 10.1. The highest BCUT2D eigenvalue weighted by atomic mass is 16.5. The number of amides is 1. The van der Waals surface area contributed by atoms with E-state index in [0.717, 1.165) is 48.6 Å². The lowest BCUT2D eigenvalue weighted by molar-refractivity contribution is -0.122. The van der Waals surface area contributed by atoms with Crippen molar-refractivity contribution in [3.05, 3.63) is 41.5 Å². The second-order valence-corrected chi connectivity index (χ2v) is 7.36. The van der Waals surface area contributed by atoms with Crippen LogP contribution in [-0.2, 0) is 9.53 Å². The van der Waals surface area contributed by atoms with Crippen molar-refractivity contribution in [2.45, 2.75) is 26.2 Å². The van der Waals surface area contributed by atoms with Gasteiger partial charge in [-0.15, -0.1) is 0 Å². The molecular weight excluding hydrogens is 380 g/mol. The summed E-state index contributed by atoms with van der Waals surface area (Å²) in [6.45, 7) is 4.84. The van der Waals surface area contributed by atoms with E-state index in [1.807, 2.05) is 13.0 Å². The zero-order chi connectivity index (χ0) is 21.3. The zero-order valence-electron chi connectivity index (χ0n) is 17.5. The van der Waals surface area contributed by atoms with Crippen LogP contribution in [0.25, 0.3) is 0 Å². The van der Waals surface area contributed by atoms with E-state index in [2.05, 4.69) is 37.0 Å². The Labute approximate surface area is 177 Å². The number of rotatable bonds is 6. The highest BCUT2D eigenvalue weighted by Crippen LogP contribution is 2.25. The highest BCUT2D eigenvalue weighted by molar-refractivity contribution is 5.75. The van der Waals surface area contributed by atoms with Crippen molar-refractivity contribution in [2.24, 2.45) is 5.92 Å². The van der Waals surface area contributed by atoms with Crippen molar-refractivity contribution in [3.8, 4) is 11.8 Å². The smallest absolute Gasteiger partial charge is 0.222 e. The SMILES string of the molecule is COCCC(=O)NCC1CCN(c2ncnc(C)c2C#Cc2ccc(N)nc2)CC1. The highest BCUT2D eigenvalue weighted by Gasteiger charge is 2.23. The maximum atomic E-state index is 11.8. The van der Waals surface area contributed by atoms with Gasteiger partial charge in [0.15, 0.2) is 0 Å². The molecule has 2 aromatic heterocycles. The van der Waals surface area contributed by atoms with Crippen LogP contribution in [0, 0.1) is 24.7 Å². The number of ether oxygens (including phenoxy) is 1. The summed E-state index contributed by atoms with van der Waals surface area (Å²) >= 11 is 0. The standard InChI is InChI=1S/C22H28N6O2/c1-16-19(5-3-17-4-6-20(23)24-13-17)22(27-15-26-16)28-10-7-18(8-11-28)14-25-21(29)9-12-30-2/h4,6,13,15,18H,7-12,14H2,1-2H3,(H2,23,24)(H,25,29). The molecule has 0 unspecified atom stereocenters. The lowest BCUT2D eigenvalue weighted by Gasteiger charge is -2.33. The van der Waals surface area contributed by atoms with Gasteiger partial charge in [0.05, 0.1) is 17.9 Å². The molecule has 1 fully saturated rings. The van der Waals surface area contributed by atoms with E-state index in [0.29, 0.717) is 31.3 Å². The number of hydrogen-bond acceptors (Lipinski definition) is 7. The topological polar surface area (TPSA) is 106 Å². The predicted molar refractivity (Wildman–Crippen MR) is 116 cm³/mol. The lowest BCUT2D eigenvalue weighted by atomic mass is 9.96. The van der Waals surface area contributed by atoms with Gasteiger partial charge in [0.2, 0.25) is 5.91 Å². The number of hydrogen-bond donors (Lipinski definition) is 2. The minimum absolute atomic E-state index is 0.0421. The molecule has 1 aliphatic rings. The van der Waals surface area contributed by atoms with Gasteiger partial charge in [-0.2, -0.15) is 0 Å². The number of methoxy groups -OCH3 is 1. The van der Waals surface area contributed by atoms with E-state index in [-0.39, 0.29) is 5.91 Å². The second-order valence-electron chi connectivity index (χ2n) is 7.36. The Morgan fingerprint density at radius 1 is 1.27 bits per heavy atom. The Bertz CT molecular complexity index is 911. The molecule has 1 amide bonds. The van der Waals surface area contributed by atoms with Crippen LogP contribution in [0.2, 0.25) is 0 Å². The van der Waals surface area contributed by atoms with Crippen LogP contribution in [0.5, 0.6) is 0 Å². The number of nitrogens with zero attached hydrogens (tertiary/aromatic N) is 4. The zero-order valence-corrected chi connectivity index (χ0v) is 17.5. The van der Waals surface area contributed by atoms with Crippen LogP contribution < -0.4 is 16.0 Å². The van der Waals surface area contributed by atoms with Crippen LogP contribution >= 0.6 is 0 Å². The number of carbonyl (C=O) groups excluding carboxylic acids is 1. The molecule has 3 rings (SSSR count). The summed E-state index contributed by atoms with van der Waals surface area (Å²) in [6, 6.07) is 3.58. The summed E-state index contributed by atoms with van der Waals surface area (Å²) in [6.07, 6.45) is 5.63. The summed E-state index contributed by atoms with van der Waals surface area (Å²) in [7, 11) is 1.60. The third-order valence-electron chi connectivity index (χ3n) is 5.17. The van der Waals surface area contributed by atoms with Crippen LogP contribution in [0.15, 0.2) is 24.7 Å². The minimum atomic E-state index is 0.0421. The predicted octanol–water partition coefficient (Wildman–Crippen LogP) is 1.53. The van der Waals surface area contributed by atoms with Crippen molar-refractivity contribution in [3.63, 3.8) is 0 Å². The van der Waals surface area contributed by atoms with Gasteiger partial charge < -0.3 is 20.7 Å². The molecule has 8 heteroatoms. The lowest BCUT2D eigenvalue weighted by Crippen LogP contribution is -2.39. The average molecular weight is 409 g/mol. The number of nitrogens with two attached hydrogens (primary N) is 1. The molecular formula is C22H28N6O2. The largest absolute Gasteiger partial charge is 0.384 e. The van der Waals surface area contributed by atoms with Crippen LogP contribution in [0.4, 0.5) is 11.6 Å². The van der Waals surface area contributed by atoms with Crippen LogP contribution in [-0.4, -0.2) is 54.2 Å². The van der Waals surface area contributed by atoms with E-state index < -0.39 is 0 Å². The summed E-state index contributed by atoms with van der Waals surface area (Å²) in [5, 5.41) is 3.00. The first-order valence-electron chi connectivity index (χ1n) is 10.1. The van der Waals surface area contributed by atoms with E-state index in [9.17, 15) is 4.79 Å². The number of aromatic nitrogens is 3. The number of anilines is 2. The average Bonchev–Trinajstić information content (AvgIpc) is 2.77. The minimum Gasteiger partial charge on any atom is -0.384 e. The molecule has 1 aliphatic heterocycles. The van der Waals surface area contributed by atoms with Crippen molar-refractivity contribution in [1.29, 1.82) is 0 Å². The third-order valence-corrected chi connectivity index (χ3v) is 5.17. The van der Waals surface area contributed by atoms with Gasteiger partial charge >= 0.3 is 0 Å². The van der Waals surface area contributed by atoms with Gasteiger partial charge in [0.25, 0.3) is 0 Å². The maximum absolute atomic E-state index is 11.8. The normalized spacial score (nSPS) is 14.1. The van der Waals surface area contributed by atoms with E-state index >= 15 is 0 Å². The van der Waals surface area contributed by atoms with Gasteiger partial charge in [0.1, 0.15) is 18.0 Å². The number of nitrogen functional groups attached to an aromatic ring is 1. The Hall–Kier alpha value is -3.18. The molecule has 3 heterocycles. The van der Waals surface area contributed by atoms with Gasteiger partial charge in [-0.3, -0.25) is 4.79 Å². The number of carbonyl (C=O) groups is 1. The Balaban J connectivity index is 1.63. The third kappa shape index (κ3) is 5.91. The quantitative estimate of drug-likeness (QED) is 0.698. The fraction of sp³-hybridized carbons (Fsp3) is 0.455. The first-order chi connectivity index (χ1) is 14.6. The summed E-state index contributed by atoms with van der Waals surface area (Å²) in [5.74, 6) is 8.19. The molecule has 30 heavy (non-hydrogen) atoms. The number of nitrogens with one attached hydrogen (secondary N) is 1. The fourth-order valence-corrected chi connectivity index (χ4v) is 3.35. The number of piperidine rings is 1. The van der Waals surface area contributed by atoms with E-state index in [4.69, 9.17) is 10.5 Å². The fourth-order valence-electron chi connectivity index (χ4n) is 3.35. The number of pyridine rings is 1.